The molecular formula is C19H16F5NO5. The lowest BCUT2D eigenvalue weighted by molar-refractivity contribution is -0.137. The van der Waals surface area contributed by atoms with Gasteiger partial charge in [-0.15, -0.1) is 0 Å². The monoisotopic (exact) mass is 433 g/mol. The lowest BCUT2D eigenvalue weighted by Crippen LogP contribution is -2.30. The maximum absolute atomic E-state index is 12.6. The van der Waals surface area contributed by atoms with Crippen molar-refractivity contribution in [1.29, 1.82) is 0 Å². The van der Waals surface area contributed by atoms with Crippen molar-refractivity contribution in [2.75, 3.05) is 12.4 Å². The molecule has 1 amide bonds. The van der Waals surface area contributed by atoms with E-state index in [2.05, 4.69) is 10.1 Å². The molecule has 1 unspecified atom stereocenters. The summed E-state index contributed by atoms with van der Waals surface area (Å²) in [5.74, 6) is -2.18. The first-order valence-electron chi connectivity index (χ1n) is 8.33. The average molecular weight is 433 g/mol. The van der Waals surface area contributed by atoms with E-state index < -0.39 is 36.3 Å². The zero-order valence-electron chi connectivity index (χ0n) is 15.6. The van der Waals surface area contributed by atoms with Crippen LogP contribution in [0.5, 0.6) is 11.5 Å². The van der Waals surface area contributed by atoms with E-state index in [0.717, 1.165) is 42.5 Å². The summed E-state index contributed by atoms with van der Waals surface area (Å²) in [6.07, 6.45) is -5.81. The Morgan fingerprint density at radius 1 is 1.00 bits per heavy atom. The Hall–Kier alpha value is -3.37. The van der Waals surface area contributed by atoms with Gasteiger partial charge in [-0.3, -0.25) is 4.79 Å². The Morgan fingerprint density at radius 3 is 2.17 bits per heavy atom. The minimum Gasteiger partial charge on any atom is -0.493 e. The number of nitrogens with one attached hydrogen (secondary N) is 1. The quantitative estimate of drug-likeness (QED) is 0.514. The zero-order valence-corrected chi connectivity index (χ0v) is 15.6. The number of amides is 1. The van der Waals surface area contributed by atoms with Crippen LogP contribution in [0.25, 0.3) is 0 Å². The number of esters is 1. The Morgan fingerprint density at radius 2 is 1.63 bits per heavy atom. The Bertz CT molecular complexity index is 899. The van der Waals surface area contributed by atoms with Crippen LogP contribution in [0.2, 0.25) is 0 Å². The van der Waals surface area contributed by atoms with Gasteiger partial charge in [0.2, 0.25) is 0 Å². The summed E-state index contributed by atoms with van der Waals surface area (Å²) in [7, 11) is 1.18. The minimum atomic E-state index is -4.51. The maximum Gasteiger partial charge on any atom is 0.416 e. The third-order valence-corrected chi connectivity index (χ3v) is 3.75. The predicted octanol–water partition coefficient (Wildman–Crippen LogP) is 4.50. The summed E-state index contributed by atoms with van der Waals surface area (Å²) in [4.78, 5) is 24.3. The maximum atomic E-state index is 12.6. The van der Waals surface area contributed by atoms with Crippen LogP contribution in [0, 0.1) is 0 Å². The molecule has 0 radical (unpaired) electrons. The lowest BCUT2D eigenvalue weighted by atomic mass is 10.2. The zero-order chi connectivity index (χ0) is 22.5. The molecule has 0 saturated carbocycles. The van der Waals surface area contributed by atoms with Crippen molar-refractivity contribution in [3.63, 3.8) is 0 Å². The molecule has 0 saturated heterocycles. The van der Waals surface area contributed by atoms with Gasteiger partial charge < -0.3 is 19.5 Å². The van der Waals surface area contributed by atoms with Crippen LogP contribution in [0.3, 0.4) is 0 Å². The third kappa shape index (κ3) is 6.06. The number of rotatable bonds is 7. The number of hydrogen-bond acceptors (Lipinski definition) is 5. The number of benzene rings is 2. The summed E-state index contributed by atoms with van der Waals surface area (Å²) in [6.45, 7) is -1.84. The van der Waals surface area contributed by atoms with Crippen LogP contribution in [0.4, 0.5) is 27.6 Å². The van der Waals surface area contributed by atoms with Gasteiger partial charge in [0.1, 0.15) is 0 Å². The summed E-state index contributed by atoms with van der Waals surface area (Å²) >= 11 is 0. The van der Waals surface area contributed by atoms with Gasteiger partial charge in [-0.1, -0.05) is 0 Å². The molecule has 2 aromatic carbocycles. The van der Waals surface area contributed by atoms with Gasteiger partial charge in [0.15, 0.2) is 17.6 Å². The van der Waals surface area contributed by atoms with E-state index in [4.69, 9.17) is 9.47 Å². The van der Waals surface area contributed by atoms with Gasteiger partial charge in [0, 0.05) is 5.69 Å². The number of hydrogen-bond donors (Lipinski definition) is 1. The number of alkyl halides is 5. The van der Waals surface area contributed by atoms with E-state index in [-0.39, 0.29) is 22.7 Å². The van der Waals surface area contributed by atoms with Gasteiger partial charge in [0.25, 0.3) is 5.91 Å². The van der Waals surface area contributed by atoms with Gasteiger partial charge in [-0.05, 0) is 49.4 Å². The summed E-state index contributed by atoms with van der Waals surface area (Å²) < 4.78 is 76.5. The molecule has 0 spiro atoms. The standard InChI is InChI=1S/C19H16F5NO5/c1-10(16(26)25-13-6-4-12(5-7-13)19(22,23)24)29-17(27)11-3-8-14(30-18(20)21)15(9-11)28-2/h3-10,18H,1-2H3,(H,25,26). The van der Waals surface area contributed by atoms with E-state index in [0.29, 0.717) is 0 Å². The minimum absolute atomic E-state index is 0.0751. The molecule has 0 bridgehead atoms. The molecule has 162 valence electrons. The van der Waals surface area contributed by atoms with Crippen molar-refractivity contribution in [2.45, 2.75) is 25.8 Å². The molecule has 11 heteroatoms. The van der Waals surface area contributed by atoms with Crippen LogP contribution in [-0.4, -0.2) is 31.7 Å². The highest BCUT2D eigenvalue weighted by molar-refractivity contribution is 5.97. The fraction of sp³-hybridized carbons (Fsp3) is 0.263. The number of carbonyl (C=O) groups excluding carboxylic acids is 2. The van der Waals surface area contributed by atoms with Crippen LogP contribution in [-0.2, 0) is 15.7 Å². The van der Waals surface area contributed by atoms with Gasteiger partial charge in [0.05, 0.1) is 18.2 Å². The molecule has 6 nitrogen and oxygen atoms in total. The van der Waals surface area contributed by atoms with Gasteiger partial charge >= 0.3 is 18.8 Å². The molecule has 0 heterocycles. The Balaban J connectivity index is 2.01. The molecule has 0 aliphatic rings. The first kappa shape index (κ1) is 22.9. The smallest absolute Gasteiger partial charge is 0.416 e. The average Bonchev–Trinajstić information content (AvgIpc) is 2.67. The summed E-state index contributed by atoms with van der Waals surface area (Å²) in [5.41, 5.74) is -0.901. The van der Waals surface area contributed by atoms with Crippen molar-refractivity contribution >= 4 is 17.6 Å². The Kier molecular flexibility index (Phi) is 7.19. The molecule has 2 rings (SSSR count). The van der Waals surface area contributed by atoms with Gasteiger partial charge in [-0.2, -0.15) is 22.0 Å². The van der Waals surface area contributed by atoms with Crippen LogP contribution in [0.1, 0.15) is 22.8 Å². The van der Waals surface area contributed by atoms with Crippen LogP contribution in [0.15, 0.2) is 42.5 Å². The van der Waals surface area contributed by atoms with E-state index in [1.165, 1.54) is 14.0 Å². The molecule has 0 aliphatic carbocycles. The highest BCUT2D eigenvalue weighted by Crippen LogP contribution is 2.31. The van der Waals surface area contributed by atoms with E-state index in [9.17, 15) is 31.5 Å². The molecule has 2 aromatic rings. The van der Waals surface area contributed by atoms with Crippen molar-refractivity contribution in [2.24, 2.45) is 0 Å². The molecule has 0 aliphatic heterocycles. The second-order valence-corrected chi connectivity index (χ2v) is 5.86. The number of carbonyl (C=O) groups is 2. The van der Waals surface area contributed by atoms with Gasteiger partial charge in [-0.25, -0.2) is 4.79 Å². The van der Waals surface area contributed by atoms with Crippen molar-refractivity contribution in [3.8, 4) is 11.5 Å². The second-order valence-electron chi connectivity index (χ2n) is 5.86. The SMILES string of the molecule is COc1cc(C(=O)OC(C)C(=O)Nc2ccc(C(F)(F)F)cc2)ccc1OC(F)F. The summed E-state index contributed by atoms with van der Waals surface area (Å²) in [5, 5.41) is 2.32. The topological polar surface area (TPSA) is 73.9 Å². The highest BCUT2D eigenvalue weighted by atomic mass is 19.4. The molecule has 0 fully saturated rings. The second kappa shape index (κ2) is 9.42. The molecular weight excluding hydrogens is 417 g/mol. The fourth-order valence-electron chi connectivity index (χ4n) is 2.26. The number of ether oxygens (including phenoxy) is 3. The van der Waals surface area contributed by atoms with Crippen molar-refractivity contribution in [1.82, 2.24) is 0 Å². The van der Waals surface area contributed by atoms with Crippen molar-refractivity contribution in [3.05, 3.63) is 53.6 Å². The molecule has 1 N–H and O–H groups in total. The van der Waals surface area contributed by atoms with E-state index >= 15 is 0 Å². The number of anilines is 1. The van der Waals surface area contributed by atoms with E-state index in [1.54, 1.807) is 0 Å². The normalized spacial score (nSPS) is 12.3. The molecule has 1 atom stereocenters. The number of halogens is 5. The number of methoxy groups -OCH3 is 1. The van der Waals surface area contributed by atoms with Crippen molar-refractivity contribution < 1.29 is 45.8 Å². The van der Waals surface area contributed by atoms with Crippen LogP contribution < -0.4 is 14.8 Å². The summed E-state index contributed by atoms with van der Waals surface area (Å²) in [6, 6.07) is 7.02. The lowest BCUT2D eigenvalue weighted by Gasteiger charge is -2.15. The highest BCUT2D eigenvalue weighted by Gasteiger charge is 2.30. The van der Waals surface area contributed by atoms with Crippen LogP contribution >= 0.6 is 0 Å². The molecule has 30 heavy (non-hydrogen) atoms. The third-order valence-electron chi connectivity index (χ3n) is 3.75. The first-order valence-corrected chi connectivity index (χ1v) is 8.33. The molecule has 0 aromatic heterocycles. The first-order chi connectivity index (χ1) is 14.0. The van der Waals surface area contributed by atoms with E-state index in [1.807, 2.05) is 0 Å². The predicted molar refractivity (Wildman–Crippen MR) is 94.6 cm³/mol. The fourth-order valence-corrected chi connectivity index (χ4v) is 2.26. The largest absolute Gasteiger partial charge is 0.493 e. The Labute approximate surface area is 167 Å².